The number of halogens is 2. The van der Waals surface area contributed by atoms with Gasteiger partial charge in [-0.1, -0.05) is 6.07 Å². The smallest absolute Gasteiger partial charge is 0.340 e. The first-order valence-corrected chi connectivity index (χ1v) is 9.06. The molecule has 0 fully saturated rings. The minimum Gasteiger partial charge on any atom is -0.495 e. The molecule has 2 N–H and O–H groups in total. The lowest BCUT2D eigenvalue weighted by atomic mass is 10.1. The van der Waals surface area contributed by atoms with Gasteiger partial charge >= 0.3 is 11.9 Å². The van der Waals surface area contributed by atoms with Gasteiger partial charge in [0, 0.05) is 6.07 Å². The Morgan fingerprint density at radius 1 is 1.11 bits per heavy atom. The summed E-state index contributed by atoms with van der Waals surface area (Å²) in [7, 11) is -2.31. The molecule has 0 saturated carbocycles. The molecule has 28 heavy (non-hydrogen) atoms. The Kier molecular flexibility index (Phi) is 6.19. The molecule has 0 aliphatic carbocycles. The molecular formula is C17H15F2NO7S. The van der Waals surface area contributed by atoms with E-state index in [1.807, 2.05) is 4.72 Å². The topological polar surface area (TPSA) is 119 Å². The van der Waals surface area contributed by atoms with Crippen LogP contribution in [0.5, 0.6) is 5.75 Å². The van der Waals surface area contributed by atoms with E-state index in [1.54, 1.807) is 0 Å². The van der Waals surface area contributed by atoms with Crippen molar-refractivity contribution in [1.29, 1.82) is 0 Å². The molecule has 0 spiro atoms. The van der Waals surface area contributed by atoms with Crippen LogP contribution < -0.4 is 9.46 Å². The number of aliphatic carboxylic acids is 1. The van der Waals surface area contributed by atoms with Crippen LogP contribution in [-0.2, 0) is 26.0 Å². The summed E-state index contributed by atoms with van der Waals surface area (Å²) in [6.07, 6.45) is -0.454. The van der Waals surface area contributed by atoms with E-state index in [2.05, 4.69) is 4.74 Å². The summed E-state index contributed by atoms with van der Waals surface area (Å²) < 4.78 is 64.4. The van der Waals surface area contributed by atoms with Crippen molar-refractivity contribution in [3.05, 3.63) is 53.1 Å². The summed E-state index contributed by atoms with van der Waals surface area (Å²) in [5, 5.41) is 8.87. The highest BCUT2D eigenvalue weighted by atomic mass is 32.2. The van der Waals surface area contributed by atoms with Gasteiger partial charge in [0.1, 0.15) is 22.3 Å². The van der Waals surface area contributed by atoms with Crippen molar-refractivity contribution < 1.29 is 41.4 Å². The molecule has 0 atom stereocenters. The summed E-state index contributed by atoms with van der Waals surface area (Å²) in [6, 6.07) is 4.65. The van der Waals surface area contributed by atoms with Crippen molar-refractivity contribution in [1.82, 2.24) is 0 Å². The average molecular weight is 415 g/mol. The fourth-order valence-corrected chi connectivity index (χ4v) is 3.59. The lowest BCUT2D eigenvalue weighted by Gasteiger charge is -2.14. The maximum Gasteiger partial charge on any atom is 0.340 e. The number of rotatable bonds is 7. The van der Waals surface area contributed by atoms with Crippen molar-refractivity contribution in [3.63, 3.8) is 0 Å². The normalized spacial score (nSPS) is 11.0. The molecule has 2 rings (SSSR count). The van der Waals surface area contributed by atoms with Crippen LogP contribution >= 0.6 is 0 Å². The van der Waals surface area contributed by atoms with E-state index < -0.39 is 56.2 Å². The third kappa shape index (κ3) is 4.55. The van der Waals surface area contributed by atoms with Crippen LogP contribution in [0.2, 0.25) is 0 Å². The number of carbonyl (C=O) groups is 2. The highest BCUT2D eigenvalue weighted by Crippen LogP contribution is 2.29. The van der Waals surface area contributed by atoms with E-state index in [0.717, 1.165) is 13.2 Å². The van der Waals surface area contributed by atoms with Crippen molar-refractivity contribution in [3.8, 4) is 5.75 Å². The minimum atomic E-state index is -4.48. The zero-order chi connectivity index (χ0) is 21.1. The molecule has 0 unspecified atom stereocenters. The first kappa shape index (κ1) is 21.1. The van der Waals surface area contributed by atoms with Crippen molar-refractivity contribution in [2.45, 2.75) is 11.3 Å². The van der Waals surface area contributed by atoms with Crippen LogP contribution in [0.25, 0.3) is 0 Å². The Morgan fingerprint density at radius 2 is 1.79 bits per heavy atom. The number of carbonyl (C=O) groups excluding carboxylic acids is 1. The van der Waals surface area contributed by atoms with Gasteiger partial charge in [-0.3, -0.25) is 9.52 Å². The van der Waals surface area contributed by atoms with Crippen molar-refractivity contribution in [2.75, 3.05) is 18.9 Å². The quantitative estimate of drug-likeness (QED) is 0.666. The van der Waals surface area contributed by atoms with Crippen LogP contribution in [-0.4, -0.2) is 39.7 Å². The molecule has 2 aromatic rings. The van der Waals surface area contributed by atoms with Crippen molar-refractivity contribution >= 4 is 27.6 Å². The lowest BCUT2D eigenvalue weighted by Crippen LogP contribution is -2.17. The maximum absolute atomic E-state index is 14.0. The molecule has 0 amide bonds. The molecule has 0 aliphatic rings. The highest BCUT2D eigenvalue weighted by molar-refractivity contribution is 7.92. The molecule has 0 radical (unpaired) electrons. The number of sulfonamides is 1. The van der Waals surface area contributed by atoms with E-state index in [4.69, 9.17) is 9.84 Å². The van der Waals surface area contributed by atoms with E-state index >= 15 is 0 Å². The molecule has 0 heterocycles. The molecule has 0 saturated heterocycles. The number of hydrogen-bond donors (Lipinski definition) is 2. The van der Waals surface area contributed by atoms with Gasteiger partial charge in [-0.2, -0.15) is 0 Å². The third-order valence-electron chi connectivity index (χ3n) is 3.58. The van der Waals surface area contributed by atoms with Gasteiger partial charge in [0.05, 0.1) is 31.9 Å². The Balaban J connectivity index is 2.52. The van der Waals surface area contributed by atoms with Crippen LogP contribution in [0.15, 0.2) is 35.2 Å². The Hall–Kier alpha value is -3.21. The predicted molar refractivity (Wildman–Crippen MR) is 92.8 cm³/mol. The molecule has 11 heteroatoms. The second-order valence-electron chi connectivity index (χ2n) is 5.46. The molecule has 150 valence electrons. The van der Waals surface area contributed by atoms with Gasteiger partial charge in [0.25, 0.3) is 10.0 Å². The third-order valence-corrected chi connectivity index (χ3v) is 4.97. The Labute approximate surface area is 158 Å². The van der Waals surface area contributed by atoms with Gasteiger partial charge in [-0.15, -0.1) is 0 Å². The average Bonchev–Trinajstić information content (AvgIpc) is 2.62. The fraction of sp³-hybridized carbons (Fsp3) is 0.176. The van der Waals surface area contributed by atoms with Crippen molar-refractivity contribution in [2.24, 2.45) is 0 Å². The number of hydrogen-bond acceptors (Lipinski definition) is 6. The number of nitrogens with one attached hydrogen (secondary N) is 1. The van der Waals surface area contributed by atoms with Gasteiger partial charge in [-0.25, -0.2) is 22.0 Å². The number of anilines is 1. The van der Waals surface area contributed by atoms with Crippen LogP contribution in [0, 0.1) is 11.6 Å². The van der Waals surface area contributed by atoms with Gasteiger partial charge in [-0.05, 0) is 23.8 Å². The number of ether oxygens (including phenoxy) is 2. The summed E-state index contributed by atoms with van der Waals surface area (Å²) in [5.41, 5.74) is -1.22. The summed E-state index contributed by atoms with van der Waals surface area (Å²) in [4.78, 5) is 21.9. The molecule has 0 bridgehead atoms. The maximum atomic E-state index is 14.0. The highest BCUT2D eigenvalue weighted by Gasteiger charge is 2.24. The minimum absolute atomic E-state index is 0.127. The lowest BCUT2D eigenvalue weighted by molar-refractivity contribution is -0.136. The number of benzene rings is 2. The molecule has 0 aromatic heterocycles. The summed E-state index contributed by atoms with van der Waals surface area (Å²) in [6.45, 7) is 0. The first-order chi connectivity index (χ1) is 13.1. The van der Waals surface area contributed by atoms with E-state index in [9.17, 15) is 26.8 Å². The second kappa shape index (κ2) is 8.21. The van der Waals surface area contributed by atoms with Gasteiger partial charge < -0.3 is 14.6 Å². The summed E-state index contributed by atoms with van der Waals surface area (Å²) >= 11 is 0. The van der Waals surface area contributed by atoms with E-state index in [1.165, 1.54) is 19.2 Å². The number of esters is 1. The molecule has 8 nitrogen and oxygen atoms in total. The SMILES string of the molecule is COC(=O)c1cc(NS(=O)(=O)c2cc(CC(=O)O)ccc2OC)c(F)cc1F. The van der Waals surface area contributed by atoms with Crippen LogP contribution in [0.3, 0.4) is 0 Å². The second-order valence-corrected chi connectivity index (χ2v) is 7.12. The predicted octanol–water partition coefficient (Wildman–Crippen LogP) is 2.19. The Bertz CT molecular complexity index is 1040. The number of carboxylic acids is 1. The first-order valence-electron chi connectivity index (χ1n) is 7.58. The molecule has 2 aromatic carbocycles. The zero-order valence-electron chi connectivity index (χ0n) is 14.7. The van der Waals surface area contributed by atoms with E-state index in [-0.39, 0.29) is 11.3 Å². The van der Waals surface area contributed by atoms with Crippen LogP contribution in [0.1, 0.15) is 15.9 Å². The van der Waals surface area contributed by atoms with Gasteiger partial charge in [0.2, 0.25) is 0 Å². The van der Waals surface area contributed by atoms with Crippen LogP contribution in [0.4, 0.5) is 14.5 Å². The standard InChI is InChI=1S/C17H15F2NO7S/c1-26-14-4-3-9(6-16(21)22)5-15(14)28(24,25)20-13-7-10(17(23)27-2)11(18)8-12(13)19/h3-5,7-8,20H,6H2,1-2H3,(H,21,22). The molecule has 0 aliphatic heterocycles. The zero-order valence-corrected chi connectivity index (χ0v) is 15.5. The summed E-state index contributed by atoms with van der Waals surface area (Å²) in [5.74, 6) is -4.94. The fourth-order valence-electron chi connectivity index (χ4n) is 2.31. The van der Waals surface area contributed by atoms with Gasteiger partial charge in [0.15, 0.2) is 0 Å². The Morgan fingerprint density at radius 3 is 2.36 bits per heavy atom. The monoisotopic (exact) mass is 415 g/mol. The number of methoxy groups -OCH3 is 2. The largest absolute Gasteiger partial charge is 0.495 e. The molecular weight excluding hydrogens is 400 g/mol. The number of carboxylic acid groups (broad SMARTS) is 1. The van der Waals surface area contributed by atoms with E-state index in [0.29, 0.717) is 12.1 Å².